The van der Waals surface area contributed by atoms with Crippen LogP contribution in [0.3, 0.4) is 0 Å². The standard InChI is InChI=1S/C32H42N6O2/c39-31(34-18-16-29-22-33-25-37(29)19-17-26-10-4-1-5-11-26)30-24-36(23-27-12-6-2-7-13-27)20-21-38(30)32(40)35-28-14-8-3-9-15-28/h1-2,4-7,10-13,22,25,28,30H,3,8-9,14-21,23-24H2,(H,34,39)(H,35,40)/t30-/m1/s1. The van der Waals surface area contributed by atoms with E-state index >= 15 is 0 Å². The molecule has 1 aromatic heterocycles. The summed E-state index contributed by atoms with van der Waals surface area (Å²) in [4.78, 5) is 35.3. The molecule has 0 spiro atoms. The predicted molar refractivity (Wildman–Crippen MR) is 157 cm³/mol. The lowest BCUT2D eigenvalue weighted by molar-refractivity contribution is -0.127. The van der Waals surface area contributed by atoms with Crippen LogP contribution in [0.5, 0.6) is 0 Å². The number of hydrogen-bond acceptors (Lipinski definition) is 4. The first-order valence-corrected chi connectivity index (χ1v) is 14.8. The van der Waals surface area contributed by atoms with Gasteiger partial charge in [0.2, 0.25) is 5.91 Å². The number of rotatable bonds is 10. The number of piperazine rings is 1. The Labute approximate surface area is 237 Å². The molecule has 0 bridgehead atoms. The molecule has 8 nitrogen and oxygen atoms in total. The van der Waals surface area contributed by atoms with Gasteiger partial charge in [-0.2, -0.15) is 0 Å². The van der Waals surface area contributed by atoms with Crippen LogP contribution in [0.1, 0.15) is 48.9 Å². The van der Waals surface area contributed by atoms with Crippen LogP contribution in [0.15, 0.2) is 73.2 Å². The molecule has 2 aromatic carbocycles. The Morgan fingerprint density at radius 3 is 2.35 bits per heavy atom. The van der Waals surface area contributed by atoms with Crippen molar-refractivity contribution in [1.82, 2.24) is 30.0 Å². The second-order valence-corrected chi connectivity index (χ2v) is 11.1. The maximum atomic E-state index is 13.5. The quantitative estimate of drug-likeness (QED) is 0.406. The van der Waals surface area contributed by atoms with E-state index in [-0.39, 0.29) is 18.0 Å². The summed E-state index contributed by atoms with van der Waals surface area (Å²) in [5.74, 6) is -0.0908. The van der Waals surface area contributed by atoms with Gasteiger partial charge >= 0.3 is 6.03 Å². The number of benzene rings is 2. The first kappa shape index (κ1) is 27.9. The van der Waals surface area contributed by atoms with Gasteiger partial charge in [-0.1, -0.05) is 79.9 Å². The average molecular weight is 543 g/mol. The van der Waals surface area contributed by atoms with Crippen molar-refractivity contribution >= 4 is 11.9 Å². The topological polar surface area (TPSA) is 82.5 Å². The molecular formula is C32H42N6O2. The van der Waals surface area contributed by atoms with Crippen molar-refractivity contribution in [1.29, 1.82) is 0 Å². The van der Waals surface area contributed by atoms with Gasteiger partial charge in [-0.15, -0.1) is 0 Å². The lowest BCUT2D eigenvalue weighted by Crippen LogP contribution is -2.63. The molecule has 1 atom stereocenters. The molecule has 212 valence electrons. The number of aryl methyl sites for hydroxylation is 2. The zero-order valence-electron chi connectivity index (χ0n) is 23.4. The van der Waals surface area contributed by atoms with E-state index in [1.807, 2.05) is 36.8 Å². The molecule has 2 aliphatic rings. The third-order valence-electron chi connectivity index (χ3n) is 8.17. The minimum Gasteiger partial charge on any atom is -0.354 e. The van der Waals surface area contributed by atoms with E-state index in [1.165, 1.54) is 17.5 Å². The molecule has 0 radical (unpaired) electrons. The fourth-order valence-electron chi connectivity index (χ4n) is 5.88. The summed E-state index contributed by atoms with van der Waals surface area (Å²) in [5.41, 5.74) is 3.60. The number of amides is 3. The van der Waals surface area contributed by atoms with Crippen LogP contribution < -0.4 is 10.6 Å². The monoisotopic (exact) mass is 542 g/mol. The summed E-state index contributed by atoms with van der Waals surface area (Å²) in [6, 6.07) is 20.3. The van der Waals surface area contributed by atoms with Crippen LogP contribution in [0.25, 0.3) is 0 Å². The molecule has 2 fully saturated rings. The Balaban J connectivity index is 1.18. The Morgan fingerprint density at radius 1 is 0.875 bits per heavy atom. The smallest absolute Gasteiger partial charge is 0.318 e. The summed E-state index contributed by atoms with van der Waals surface area (Å²) < 4.78 is 2.16. The second-order valence-electron chi connectivity index (χ2n) is 11.1. The van der Waals surface area contributed by atoms with Gasteiger partial charge in [-0.25, -0.2) is 9.78 Å². The molecule has 2 N–H and O–H groups in total. The summed E-state index contributed by atoms with van der Waals surface area (Å²) in [7, 11) is 0. The van der Waals surface area contributed by atoms with Crippen LogP contribution in [0.2, 0.25) is 0 Å². The number of nitrogens with one attached hydrogen (secondary N) is 2. The van der Waals surface area contributed by atoms with Crippen molar-refractivity contribution in [3.05, 3.63) is 90.0 Å². The molecule has 1 aliphatic carbocycles. The van der Waals surface area contributed by atoms with Crippen LogP contribution in [-0.2, 0) is 30.7 Å². The van der Waals surface area contributed by atoms with E-state index in [9.17, 15) is 9.59 Å². The minimum absolute atomic E-state index is 0.0908. The molecular weight excluding hydrogens is 500 g/mol. The fraction of sp³-hybridized carbons (Fsp3) is 0.469. The van der Waals surface area contributed by atoms with E-state index in [0.717, 1.165) is 57.4 Å². The zero-order chi connectivity index (χ0) is 27.6. The number of nitrogens with zero attached hydrogens (tertiary/aromatic N) is 4. The number of carbonyl (C=O) groups excluding carboxylic acids is 2. The first-order valence-electron chi connectivity index (χ1n) is 14.8. The Hall–Kier alpha value is -3.65. The highest BCUT2D eigenvalue weighted by Crippen LogP contribution is 2.19. The van der Waals surface area contributed by atoms with Gasteiger partial charge in [0.25, 0.3) is 0 Å². The zero-order valence-corrected chi connectivity index (χ0v) is 23.4. The number of urea groups is 1. The predicted octanol–water partition coefficient (Wildman–Crippen LogP) is 4.01. The molecule has 8 heteroatoms. The molecule has 1 saturated heterocycles. The molecule has 1 aliphatic heterocycles. The Morgan fingerprint density at radius 2 is 1.60 bits per heavy atom. The van der Waals surface area contributed by atoms with Crippen LogP contribution in [0.4, 0.5) is 4.79 Å². The van der Waals surface area contributed by atoms with E-state index in [0.29, 0.717) is 26.1 Å². The molecule has 2 heterocycles. The minimum atomic E-state index is -0.524. The molecule has 0 unspecified atom stereocenters. The van der Waals surface area contributed by atoms with Crippen molar-refractivity contribution in [3.8, 4) is 0 Å². The Kier molecular flexibility index (Phi) is 9.85. The van der Waals surface area contributed by atoms with E-state index in [1.54, 1.807) is 4.90 Å². The number of hydrogen-bond donors (Lipinski definition) is 2. The van der Waals surface area contributed by atoms with Crippen molar-refractivity contribution in [2.45, 2.75) is 70.1 Å². The van der Waals surface area contributed by atoms with E-state index in [2.05, 4.69) is 61.5 Å². The van der Waals surface area contributed by atoms with Gasteiger partial charge in [0, 0.05) is 63.6 Å². The van der Waals surface area contributed by atoms with Crippen LogP contribution in [-0.4, -0.2) is 69.6 Å². The van der Waals surface area contributed by atoms with Gasteiger partial charge < -0.3 is 20.1 Å². The van der Waals surface area contributed by atoms with Gasteiger partial charge in [-0.3, -0.25) is 9.69 Å². The van der Waals surface area contributed by atoms with Gasteiger partial charge in [0.15, 0.2) is 0 Å². The first-order chi connectivity index (χ1) is 19.7. The maximum Gasteiger partial charge on any atom is 0.318 e. The molecule has 3 amide bonds. The largest absolute Gasteiger partial charge is 0.354 e. The molecule has 5 rings (SSSR count). The highest BCUT2D eigenvalue weighted by atomic mass is 16.2. The van der Waals surface area contributed by atoms with Crippen LogP contribution in [0, 0.1) is 0 Å². The summed E-state index contributed by atoms with van der Waals surface area (Å²) in [5, 5.41) is 6.36. The number of aromatic nitrogens is 2. The Bertz CT molecular complexity index is 1210. The molecule has 1 saturated carbocycles. The summed E-state index contributed by atoms with van der Waals surface area (Å²) in [6.45, 7) is 3.92. The maximum absolute atomic E-state index is 13.5. The molecule has 3 aromatic rings. The highest BCUT2D eigenvalue weighted by Gasteiger charge is 2.36. The van der Waals surface area contributed by atoms with E-state index < -0.39 is 6.04 Å². The van der Waals surface area contributed by atoms with Gasteiger partial charge in [0.05, 0.1) is 6.33 Å². The van der Waals surface area contributed by atoms with Crippen molar-refractivity contribution in [2.24, 2.45) is 0 Å². The lowest BCUT2D eigenvalue weighted by Gasteiger charge is -2.41. The third kappa shape index (κ3) is 7.72. The average Bonchev–Trinajstić information content (AvgIpc) is 3.44. The van der Waals surface area contributed by atoms with Gasteiger partial charge in [0.1, 0.15) is 6.04 Å². The van der Waals surface area contributed by atoms with Crippen molar-refractivity contribution in [3.63, 3.8) is 0 Å². The van der Waals surface area contributed by atoms with Gasteiger partial charge in [-0.05, 0) is 30.4 Å². The lowest BCUT2D eigenvalue weighted by atomic mass is 9.95. The number of carbonyl (C=O) groups is 2. The molecule has 40 heavy (non-hydrogen) atoms. The fourth-order valence-corrected chi connectivity index (χ4v) is 5.88. The van der Waals surface area contributed by atoms with Crippen LogP contribution >= 0.6 is 0 Å². The summed E-state index contributed by atoms with van der Waals surface area (Å²) >= 11 is 0. The van der Waals surface area contributed by atoms with Crippen molar-refractivity contribution in [2.75, 3.05) is 26.2 Å². The number of imidazole rings is 1. The third-order valence-corrected chi connectivity index (χ3v) is 8.17. The normalized spacial score (nSPS) is 18.4. The second kappa shape index (κ2) is 14.1. The summed E-state index contributed by atoms with van der Waals surface area (Å²) in [6.07, 6.45) is 11.0. The van der Waals surface area contributed by atoms with E-state index in [4.69, 9.17) is 0 Å². The highest BCUT2D eigenvalue weighted by molar-refractivity contribution is 5.87. The SMILES string of the molecule is O=C(NCCc1cncn1CCc1ccccc1)[C@H]1CN(Cc2ccccc2)CCN1C(=O)NC1CCCCC1. The van der Waals surface area contributed by atoms with Crippen molar-refractivity contribution < 1.29 is 9.59 Å².